The van der Waals surface area contributed by atoms with Crippen molar-refractivity contribution in [3.05, 3.63) is 107 Å². The Morgan fingerprint density at radius 1 is 1.10 bits per heavy atom. The summed E-state index contributed by atoms with van der Waals surface area (Å²) in [5, 5.41) is 30.5. The molecule has 0 bridgehead atoms. The van der Waals surface area contributed by atoms with Crippen molar-refractivity contribution in [2.24, 2.45) is 5.92 Å². The van der Waals surface area contributed by atoms with Crippen LogP contribution in [0.5, 0.6) is 0 Å². The van der Waals surface area contributed by atoms with Gasteiger partial charge in [0.15, 0.2) is 5.58 Å². The smallest absolute Gasteiger partial charge is 0.307 e. The number of hydrogen-bond donors (Lipinski definition) is 2. The van der Waals surface area contributed by atoms with Gasteiger partial charge < -0.3 is 14.6 Å². The van der Waals surface area contributed by atoms with Crippen molar-refractivity contribution in [3.63, 3.8) is 0 Å². The number of aliphatic carboxylic acids is 1. The maximum Gasteiger partial charge on any atom is 0.307 e. The molecule has 2 aromatic carbocycles. The third-order valence-electron chi connectivity index (χ3n) is 9.62. The number of pyridine rings is 1. The number of oxazole rings is 1. The van der Waals surface area contributed by atoms with Crippen molar-refractivity contribution >= 4 is 46.0 Å². The molecule has 4 heterocycles. The van der Waals surface area contributed by atoms with Crippen LogP contribution in [-0.4, -0.2) is 73.1 Å². The van der Waals surface area contributed by atoms with Crippen molar-refractivity contribution < 1.29 is 19.4 Å². The lowest BCUT2D eigenvalue weighted by Crippen LogP contribution is -2.44. The van der Waals surface area contributed by atoms with Gasteiger partial charge in [0.25, 0.3) is 0 Å². The first-order valence-corrected chi connectivity index (χ1v) is 17.3. The highest BCUT2D eigenvalue weighted by atomic mass is 35.5. The van der Waals surface area contributed by atoms with Gasteiger partial charge in [0.1, 0.15) is 16.3 Å². The maximum absolute atomic E-state index is 11.5. The van der Waals surface area contributed by atoms with Gasteiger partial charge in [0, 0.05) is 38.9 Å². The van der Waals surface area contributed by atoms with Crippen LogP contribution in [0.3, 0.4) is 0 Å². The van der Waals surface area contributed by atoms with E-state index < -0.39 is 15.6 Å². The zero-order chi connectivity index (χ0) is 33.5. The first-order chi connectivity index (χ1) is 23.1. The van der Waals surface area contributed by atoms with Gasteiger partial charge in [-0.1, -0.05) is 60.3 Å². The van der Waals surface area contributed by atoms with Crippen molar-refractivity contribution in [2.45, 2.75) is 53.6 Å². The lowest BCUT2D eigenvalue weighted by Gasteiger charge is -2.43. The van der Waals surface area contributed by atoms with E-state index in [0.29, 0.717) is 61.7 Å². The fourth-order valence-corrected chi connectivity index (χ4v) is 8.78. The van der Waals surface area contributed by atoms with Crippen LogP contribution in [0, 0.1) is 17.2 Å². The minimum atomic E-state index is -1.07. The number of nitrogens with zero attached hydrogens (tertiary/aromatic N) is 5. The highest BCUT2D eigenvalue weighted by Gasteiger charge is 2.55. The van der Waals surface area contributed by atoms with E-state index in [9.17, 15) is 20.3 Å². The number of alkyl halides is 1. The molecule has 9 nitrogen and oxygen atoms in total. The number of aliphatic hydroxyl groups excluding tert-OH is 1. The largest absolute Gasteiger partial charge is 0.481 e. The molecule has 0 radical (unpaired) electrons. The lowest BCUT2D eigenvalue weighted by molar-refractivity contribution is -0.141. The van der Waals surface area contributed by atoms with Gasteiger partial charge in [-0.05, 0) is 72.8 Å². The molecule has 4 atom stereocenters. The molecular weight excluding hydrogens is 646 g/mol. The van der Waals surface area contributed by atoms with Crippen molar-refractivity contribution in [1.82, 2.24) is 19.8 Å². The number of halogens is 1. The molecule has 2 saturated heterocycles. The van der Waals surface area contributed by atoms with E-state index in [1.165, 1.54) is 11.8 Å². The topological polar surface area (TPSA) is 127 Å². The number of carbonyl (C=O) groups is 1. The molecule has 2 N–H and O–H groups in total. The maximum atomic E-state index is 11.5. The fourth-order valence-electron chi connectivity index (χ4n) is 7.07. The number of aliphatic hydroxyl groups is 1. The van der Waals surface area contributed by atoms with E-state index in [0.717, 1.165) is 40.3 Å². The Labute approximate surface area is 288 Å². The molecule has 2 aromatic heterocycles. The van der Waals surface area contributed by atoms with E-state index in [1.54, 1.807) is 12.3 Å². The number of β-amino-alcohol motifs (C(OH)–C–C–N with tert-alkyl or cyclic N) is 1. The summed E-state index contributed by atoms with van der Waals surface area (Å²) >= 11 is 9.20. The van der Waals surface area contributed by atoms with Crippen LogP contribution in [0.4, 0.5) is 0 Å². The monoisotopic (exact) mass is 681 g/mol. The summed E-state index contributed by atoms with van der Waals surface area (Å²) < 4.78 is 5.51. The number of rotatable bonds is 9. The standard InChI is InChI=1S/C37H36ClN5O4S/c1-36(38)30(26-6-3-2-4-7-26)8-5-12-37(36,48-32-18-24(9-13-40-32)20-43-15-11-29(44)23-43)35-41-31-17-25(16-28(19-39)33(31)47-35)21-42-14-10-27(22-42)34(45)46/h2-9,12-13,16-18,27,29,44H,10-11,14-15,20-23H2,1H3,(H,45,46). The first-order valence-electron chi connectivity index (χ1n) is 16.1. The Morgan fingerprint density at radius 3 is 2.60 bits per heavy atom. The summed E-state index contributed by atoms with van der Waals surface area (Å²) in [4.78, 5) is 24.6. The Bertz CT molecular complexity index is 1950. The summed E-state index contributed by atoms with van der Waals surface area (Å²) in [6.45, 7) is 5.81. The van der Waals surface area contributed by atoms with E-state index in [2.05, 4.69) is 21.9 Å². The number of allylic oxidation sites excluding steroid dienone is 3. The number of likely N-dealkylation sites (tertiary alicyclic amines) is 2. The minimum absolute atomic E-state index is 0.300. The summed E-state index contributed by atoms with van der Waals surface area (Å²) in [6, 6.07) is 20.1. The Hall–Kier alpha value is -3.98. The minimum Gasteiger partial charge on any atom is -0.481 e. The molecule has 11 heteroatoms. The van der Waals surface area contributed by atoms with Gasteiger partial charge in [0.2, 0.25) is 5.89 Å². The second kappa shape index (κ2) is 13.1. The van der Waals surface area contributed by atoms with E-state index in [-0.39, 0.29) is 12.0 Å². The number of aromatic nitrogens is 2. The predicted octanol–water partition coefficient (Wildman–Crippen LogP) is 6.21. The van der Waals surface area contributed by atoms with Gasteiger partial charge in [-0.2, -0.15) is 5.26 Å². The summed E-state index contributed by atoms with van der Waals surface area (Å²) in [5.74, 6) is -0.813. The molecule has 0 saturated carbocycles. The average molecular weight is 682 g/mol. The second-order valence-corrected chi connectivity index (χ2v) is 15.0. The van der Waals surface area contributed by atoms with E-state index in [1.807, 2.05) is 67.6 Å². The second-order valence-electron chi connectivity index (χ2n) is 13.0. The number of carboxylic acids is 1. The fraction of sp³-hybridized carbons (Fsp3) is 0.351. The number of nitriles is 1. The Balaban J connectivity index is 1.29. The third kappa shape index (κ3) is 6.17. The summed E-state index contributed by atoms with van der Waals surface area (Å²) in [5.41, 5.74) is 5.09. The molecule has 4 unspecified atom stereocenters. The number of carboxylic acid groups (broad SMARTS) is 1. The average Bonchev–Trinajstić information content (AvgIpc) is 3.82. The van der Waals surface area contributed by atoms with Crippen molar-refractivity contribution in [2.75, 3.05) is 26.2 Å². The van der Waals surface area contributed by atoms with Gasteiger partial charge in [0.05, 0.1) is 27.5 Å². The van der Waals surface area contributed by atoms with E-state index >= 15 is 0 Å². The van der Waals surface area contributed by atoms with Gasteiger partial charge >= 0.3 is 5.97 Å². The molecule has 2 fully saturated rings. The highest BCUT2D eigenvalue weighted by molar-refractivity contribution is 8.00. The van der Waals surface area contributed by atoms with Crippen molar-refractivity contribution in [3.8, 4) is 6.07 Å². The van der Waals surface area contributed by atoms with Crippen LogP contribution < -0.4 is 0 Å². The summed E-state index contributed by atoms with van der Waals surface area (Å²) in [6.07, 6.45) is 8.87. The highest BCUT2D eigenvalue weighted by Crippen LogP contribution is 2.59. The van der Waals surface area contributed by atoms with Crippen LogP contribution in [0.25, 0.3) is 16.7 Å². The van der Waals surface area contributed by atoms with Crippen LogP contribution in [-0.2, 0) is 22.6 Å². The lowest BCUT2D eigenvalue weighted by atomic mass is 9.78. The number of hydrogen-bond acceptors (Lipinski definition) is 9. The number of fused-ring (bicyclic) bond motifs is 1. The molecule has 7 rings (SSSR count). The third-order valence-corrected chi connectivity index (χ3v) is 11.7. The van der Waals surface area contributed by atoms with Crippen LogP contribution in [0.2, 0.25) is 0 Å². The molecule has 246 valence electrons. The van der Waals surface area contributed by atoms with E-state index in [4.69, 9.17) is 26.0 Å². The van der Waals surface area contributed by atoms with Crippen LogP contribution in [0.15, 0.2) is 88.5 Å². The molecule has 1 aliphatic carbocycles. The number of benzene rings is 2. The number of thioether (sulfide) groups is 1. The molecule has 2 aliphatic heterocycles. The SMILES string of the molecule is CC1(Cl)C(c2ccccc2)=CC=CC1(Sc1cc(CN2CCC(O)C2)ccn1)c1nc2cc(CN3CCC(C(=O)O)C3)cc(C#N)c2o1. The molecule has 48 heavy (non-hydrogen) atoms. The molecule has 0 amide bonds. The van der Waals surface area contributed by atoms with Crippen LogP contribution >= 0.6 is 23.4 Å². The Morgan fingerprint density at radius 2 is 1.88 bits per heavy atom. The molecule has 4 aromatic rings. The van der Waals surface area contributed by atoms with Gasteiger partial charge in [-0.15, -0.1) is 11.6 Å². The molecule has 3 aliphatic rings. The zero-order valence-electron chi connectivity index (χ0n) is 26.6. The van der Waals surface area contributed by atoms with Gasteiger partial charge in [-0.25, -0.2) is 9.97 Å². The molecular formula is C37H36ClN5O4S. The zero-order valence-corrected chi connectivity index (χ0v) is 28.1. The predicted molar refractivity (Wildman–Crippen MR) is 185 cm³/mol. The van der Waals surface area contributed by atoms with Gasteiger partial charge in [-0.3, -0.25) is 14.6 Å². The summed E-state index contributed by atoms with van der Waals surface area (Å²) in [7, 11) is 0. The van der Waals surface area contributed by atoms with Crippen LogP contribution in [0.1, 0.15) is 47.9 Å². The Kier molecular flexibility index (Phi) is 8.92. The quantitative estimate of drug-likeness (QED) is 0.197. The van der Waals surface area contributed by atoms with Crippen molar-refractivity contribution in [1.29, 1.82) is 5.26 Å². The normalized spacial score (nSPS) is 26.2. The molecule has 0 spiro atoms. The first kappa shape index (κ1) is 32.6.